The predicted octanol–water partition coefficient (Wildman–Crippen LogP) is -0.694. The predicted molar refractivity (Wildman–Crippen MR) is 136 cm³/mol. The molecule has 0 saturated carbocycles. The van der Waals surface area contributed by atoms with Gasteiger partial charge in [0.1, 0.15) is 36.5 Å². The summed E-state index contributed by atoms with van der Waals surface area (Å²) in [7, 11) is 1.24. The van der Waals surface area contributed by atoms with Crippen molar-refractivity contribution in [2.45, 2.75) is 61.9 Å². The summed E-state index contributed by atoms with van der Waals surface area (Å²) < 4.78 is 21.5. The Balaban J connectivity index is 1.39. The fourth-order valence-electron chi connectivity index (χ4n) is 7.12. The molecule has 4 aliphatic rings. The number of aromatic amines is 1. The molecular weight excluding hydrogens is 528 g/mol. The SMILES string of the molecule is COC(=O)C1=COC(OC2OC(CO)C(O)C(O)C2O)C2C1CC1c3[nH]c4ccccc4c3CC[N+]1([O-])C2CO. The standard InChI is InChI=1S/C27H34N2O11/c1-37-25(35)15-11-38-26(40-27-24(34)23(33)22(32)19(10-31)39-27)20-14(15)8-17-21-13(6-7-29(17,36)18(20)9-30)12-4-2-3-5-16(12)28-21/h2-5,11,14,17-20,22-24,26-28,30-34H,6-10H2,1H3. The van der Waals surface area contributed by atoms with Crippen molar-refractivity contribution in [2.75, 3.05) is 26.9 Å². The van der Waals surface area contributed by atoms with Crippen LogP contribution in [0.3, 0.4) is 0 Å². The van der Waals surface area contributed by atoms with Crippen LogP contribution in [0.2, 0.25) is 0 Å². The highest BCUT2D eigenvalue weighted by Gasteiger charge is 2.60. The number of hydroxylamine groups is 3. The number of fused-ring (bicyclic) bond motifs is 6. The molecular formula is C27H34N2O11. The van der Waals surface area contributed by atoms with E-state index in [4.69, 9.17) is 18.9 Å². The first-order chi connectivity index (χ1) is 19.2. The van der Waals surface area contributed by atoms with Gasteiger partial charge < -0.3 is 59.3 Å². The number of nitrogens with one attached hydrogen (secondary N) is 1. The lowest BCUT2D eigenvalue weighted by Gasteiger charge is -2.62. The number of benzene rings is 1. The summed E-state index contributed by atoms with van der Waals surface area (Å²) in [5.41, 5.74) is 2.92. The third-order valence-electron chi connectivity index (χ3n) is 9.13. The van der Waals surface area contributed by atoms with E-state index < -0.39 is 84.7 Å². The minimum Gasteiger partial charge on any atom is -0.632 e. The van der Waals surface area contributed by atoms with Gasteiger partial charge in [-0.15, -0.1) is 0 Å². The smallest absolute Gasteiger partial charge is 0.337 e. The molecule has 5 heterocycles. The number of carbonyl (C=O) groups is 1. The van der Waals surface area contributed by atoms with Crippen molar-refractivity contribution >= 4 is 16.9 Å². The van der Waals surface area contributed by atoms with Crippen LogP contribution in [0.15, 0.2) is 36.1 Å². The van der Waals surface area contributed by atoms with Crippen LogP contribution in [0.4, 0.5) is 0 Å². The quantitative estimate of drug-likeness (QED) is 0.153. The number of rotatable bonds is 5. The molecule has 11 unspecified atom stereocenters. The number of piperidine rings is 1. The number of ether oxygens (including phenoxy) is 4. The molecule has 218 valence electrons. The molecule has 13 heteroatoms. The van der Waals surface area contributed by atoms with Gasteiger partial charge in [-0.1, -0.05) is 18.2 Å². The van der Waals surface area contributed by atoms with E-state index in [2.05, 4.69) is 4.98 Å². The van der Waals surface area contributed by atoms with E-state index in [1.165, 1.54) is 13.4 Å². The zero-order valence-corrected chi connectivity index (χ0v) is 21.8. The van der Waals surface area contributed by atoms with Crippen LogP contribution in [0.5, 0.6) is 0 Å². The maximum atomic E-state index is 14.7. The molecule has 11 atom stereocenters. The fraction of sp³-hybridized carbons (Fsp3) is 0.593. The normalized spacial score (nSPS) is 40.8. The average molecular weight is 563 g/mol. The second-order valence-corrected chi connectivity index (χ2v) is 11.0. The minimum absolute atomic E-state index is 0.179. The van der Waals surface area contributed by atoms with E-state index >= 15 is 0 Å². The van der Waals surface area contributed by atoms with Crippen molar-refractivity contribution in [3.63, 3.8) is 0 Å². The van der Waals surface area contributed by atoms with Gasteiger partial charge in [-0.05, 0) is 11.6 Å². The first-order valence-electron chi connectivity index (χ1n) is 13.4. The number of aliphatic hydroxyl groups is 5. The number of carbonyl (C=O) groups excluding carboxylic acids is 1. The van der Waals surface area contributed by atoms with Gasteiger partial charge in [0.15, 0.2) is 6.29 Å². The summed E-state index contributed by atoms with van der Waals surface area (Å²) in [5.74, 6) is -2.14. The molecule has 40 heavy (non-hydrogen) atoms. The highest BCUT2D eigenvalue weighted by molar-refractivity contribution is 5.89. The summed E-state index contributed by atoms with van der Waals surface area (Å²) >= 11 is 0. The number of H-pyrrole nitrogens is 1. The maximum Gasteiger partial charge on any atom is 0.337 e. The Bertz CT molecular complexity index is 1300. The molecule has 2 fully saturated rings. The molecule has 2 aromatic rings. The van der Waals surface area contributed by atoms with Gasteiger partial charge in [-0.25, -0.2) is 4.79 Å². The summed E-state index contributed by atoms with van der Waals surface area (Å²) in [4.78, 5) is 16.3. The fourth-order valence-corrected chi connectivity index (χ4v) is 7.12. The summed E-state index contributed by atoms with van der Waals surface area (Å²) in [6, 6.07) is 6.19. The number of methoxy groups -OCH3 is 1. The largest absolute Gasteiger partial charge is 0.632 e. The summed E-state index contributed by atoms with van der Waals surface area (Å²) in [5, 5.41) is 67.0. The first kappa shape index (κ1) is 27.6. The van der Waals surface area contributed by atoms with Crippen molar-refractivity contribution < 1.29 is 53.9 Å². The Hall–Kier alpha value is -2.59. The lowest BCUT2D eigenvalue weighted by atomic mass is 9.69. The van der Waals surface area contributed by atoms with Crippen molar-refractivity contribution in [3.05, 3.63) is 52.6 Å². The van der Waals surface area contributed by atoms with Crippen molar-refractivity contribution in [1.29, 1.82) is 0 Å². The summed E-state index contributed by atoms with van der Waals surface area (Å²) in [6.07, 6.45) is -7.07. The molecule has 6 N–H and O–H groups in total. The van der Waals surface area contributed by atoms with Crippen molar-refractivity contribution in [1.82, 2.24) is 4.98 Å². The van der Waals surface area contributed by atoms with Crippen molar-refractivity contribution in [3.8, 4) is 0 Å². The van der Waals surface area contributed by atoms with E-state index in [0.717, 1.165) is 22.2 Å². The Morgan fingerprint density at radius 3 is 2.62 bits per heavy atom. The Labute approximate surface area is 229 Å². The third kappa shape index (κ3) is 4.08. The highest BCUT2D eigenvalue weighted by Crippen LogP contribution is 2.54. The topological polar surface area (TPSA) is 194 Å². The maximum absolute atomic E-state index is 14.7. The molecule has 1 aromatic carbocycles. The van der Waals surface area contributed by atoms with Crippen LogP contribution >= 0.6 is 0 Å². The van der Waals surface area contributed by atoms with Gasteiger partial charge in [0.2, 0.25) is 6.29 Å². The molecule has 0 amide bonds. The molecule has 1 aromatic heterocycles. The van der Waals surface area contributed by atoms with Gasteiger partial charge in [-0.3, -0.25) is 0 Å². The van der Waals surface area contributed by atoms with Gasteiger partial charge in [0.05, 0.1) is 50.3 Å². The van der Waals surface area contributed by atoms with E-state index in [1.54, 1.807) is 0 Å². The number of para-hydroxylation sites is 1. The average Bonchev–Trinajstić information content (AvgIpc) is 3.34. The molecule has 2 saturated heterocycles. The van der Waals surface area contributed by atoms with Crippen LogP contribution in [0.25, 0.3) is 10.9 Å². The van der Waals surface area contributed by atoms with Crippen LogP contribution in [-0.2, 0) is 30.2 Å². The number of quaternary nitrogens is 1. The third-order valence-corrected chi connectivity index (χ3v) is 9.13. The van der Waals surface area contributed by atoms with Crippen LogP contribution in [0, 0.1) is 17.0 Å². The van der Waals surface area contributed by atoms with Crippen molar-refractivity contribution in [2.24, 2.45) is 11.8 Å². The van der Waals surface area contributed by atoms with E-state index in [1.807, 2.05) is 24.3 Å². The number of aliphatic hydroxyl groups excluding tert-OH is 5. The second-order valence-electron chi connectivity index (χ2n) is 11.0. The number of aromatic nitrogens is 1. The molecule has 0 bridgehead atoms. The summed E-state index contributed by atoms with van der Waals surface area (Å²) in [6.45, 7) is -1.01. The first-order valence-corrected chi connectivity index (χ1v) is 13.4. The number of hydrogen-bond donors (Lipinski definition) is 6. The van der Waals surface area contributed by atoms with Crippen LogP contribution in [-0.4, -0.2) is 111 Å². The molecule has 13 nitrogen and oxygen atoms in total. The molecule has 4 aliphatic heterocycles. The number of nitrogens with zero attached hydrogens (tertiary/aromatic N) is 1. The molecule has 6 rings (SSSR count). The van der Waals surface area contributed by atoms with Gasteiger partial charge in [0.25, 0.3) is 0 Å². The van der Waals surface area contributed by atoms with Crippen LogP contribution < -0.4 is 0 Å². The Morgan fingerprint density at radius 1 is 1.12 bits per heavy atom. The number of esters is 1. The molecule has 0 radical (unpaired) electrons. The zero-order valence-electron chi connectivity index (χ0n) is 21.8. The van der Waals surface area contributed by atoms with Gasteiger partial charge in [0, 0.05) is 29.7 Å². The minimum atomic E-state index is -1.70. The Morgan fingerprint density at radius 2 is 1.90 bits per heavy atom. The van der Waals surface area contributed by atoms with E-state index in [9.17, 15) is 35.5 Å². The zero-order chi connectivity index (χ0) is 28.3. The lowest BCUT2D eigenvalue weighted by molar-refractivity contribution is -0.950. The monoisotopic (exact) mass is 562 g/mol. The van der Waals surface area contributed by atoms with Gasteiger partial charge >= 0.3 is 5.97 Å². The number of hydrogen-bond acceptors (Lipinski definition) is 11. The van der Waals surface area contributed by atoms with Gasteiger partial charge in [-0.2, -0.15) is 0 Å². The second kappa shape index (κ2) is 10.4. The molecule has 0 aliphatic carbocycles. The Kier molecular flexibility index (Phi) is 7.14. The lowest BCUT2D eigenvalue weighted by Crippen LogP contribution is -2.68. The van der Waals surface area contributed by atoms with E-state index in [0.29, 0.717) is 6.42 Å². The highest BCUT2D eigenvalue weighted by atomic mass is 16.8. The van der Waals surface area contributed by atoms with E-state index in [-0.39, 0.29) is 18.5 Å². The molecule has 0 spiro atoms. The van der Waals surface area contributed by atoms with Crippen LogP contribution in [0.1, 0.15) is 23.7 Å².